The summed E-state index contributed by atoms with van der Waals surface area (Å²) in [7, 11) is -1.02. The lowest BCUT2D eigenvalue weighted by Crippen LogP contribution is -2.39. The van der Waals surface area contributed by atoms with Crippen LogP contribution in [0.4, 0.5) is 5.95 Å². The van der Waals surface area contributed by atoms with Crippen molar-refractivity contribution in [1.82, 2.24) is 14.3 Å². The van der Waals surface area contributed by atoms with Crippen molar-refractivity contribution in [1.29, 1.82) is 0 Å². The van der Waals surface area contributed by atoms with E-state index in [9.17, 15) is 18.3 Å². The molecule has 0 unspecified atom stereocenters. The Kier molecular flexibility index (Phi) is 9.73. The van der Waals surface area contributed by atoms with Crippen LogP contribution >= 0.6 is 11.6 Å². The number of sulfonamides is 1. The highest BCUT2D eigenvalue weighted by atomic mass is 35.5. The molecule has 0 atom stereocenters. The highest BCUT2D eigenvalue weighted by molar-refractivity contribution is 7.89. The number of anilines is 1. The maximum atomic E-state index is 13.5. The molecule has 0 aliphatic carbocycles. The summed E-state index contributed by atoms with van der Waals surface area (Å²) in [6, 6.07) is 13.3. The number of carboxylic acids is 1. The van der Waals surface area contributed by atoms with Gasteiger partial charge < -0.3 is 19.5 Å². The summed E-state index contributed by atoms with van der Waals surface area (Å²) >= 11 is 6.24. The van der Waals surface area contributed by atoms with Crippen molar-refractivity contribution in [3.8, 4) is 11.5 Å². The lowest BCUT2D eigenvalue weighted by molar-refractivity contribution is 0.0694. The van der Waals surface area contributed by atoms with Crippen molar-refractivity contribution in [3.05, 3.63) is 70.5 Å². The summed E-state index contributed by atoms with van der Waals surface area (Å²) in [5.41, 5.74) is 1.93. The predicted molar refractivity (Wildman–Crippen MR) is 164 cm³/mol. The van der Waals surface area contributed by atoms with Gasteiger partial charge in [0, 0.05) is 38.4 Å². The number of aromatic carboxylic acids is 1. The van der Waals surface area contributed by atoms with Crippen LogP contribution in [0.5, 0.6) is 11.5 Å². The van der Waals surface area contributed by atoms with Crippen molar-refractivity contribution in [3.63, 3.8) is 0 Å². The van der Waals surface area contributed by atoms with Gasteiger partial charge in [-0.15, -0.1) is 0 Å². The maximum absolute atomic E-state index is 13.5. The molecule has 2 aliphatic heterocycles. The van der Waals surface area contributed by atoms with Crippen LogP contribution in [0.2, 0.25) is 5.02 Å². The van der Waals surface area contributed by atoms with Crippen molar-refractivity contribution in [2.24, 2.45) is 11.8 Å². The van der Waals surface area contributed by atoms with Crippen LogP contribution in [0, 0.1) is 11.8 Å². The summed E-state index contributed by atoms with van der Waals surface area (Å²) in [4.78, 5) is 23.3. The molecule has 0 spiro atoms. The predicted octanol–water partition coefficient (Wildman–Crippen LogP) is 4.95. The second-order valence-electron chi connectivity index (χ2n) is 11.1. The molecule has 3 heterocycles. The van der Waals surface area contributed by atoms with E-state index in [4.69, 9.17) is 26.1 Å². The molecule has 0 saturated carbocycles. The van der Waals surface area contributed by atoms with Crippen molar-refractivity contribution >= 4 is 33.5 Å². The molecule has 43 heavy (non-hydrogen) atoms. The summed E-state index contributed by atoms with van der Waals surface area (Å²) < 4.78 is 39.0. The van der Waals surface area contributed by atoms with Gasteiger partial charge in [-0.2, -0.15) is 4.31 Å². The van der Waals surface area contributed by atoms with E-state index in [2.05, 4.69) is 34.1 Å². The molecule has 10 nitrogen and oxygen atoms in total. The van der Waals surface area contributed by atoms with Gasteiger partial charge >= 0.3 is 5.97 Å². The number of carbonyl (C=O) groups is 1. The number of piperidine rings is 2. The number of benzene rings is 2. The molecule has 0 bridgehead atoms. The minimum Gasteiger partial charge on any atom is -0.495 e. The smallest absolute Gasteiger partial charge is 0.339 e. The first-order valence-corrected chi connectivity index (χ1v) is 16.3. The van der Waals surface area contributed by atoms with Crippen molar-refractivity contribution < 1.29 is 27.8 Å². The lowest BCUT2D eigenvalue weighted by atomic mass is 9.90. The number of carboxylic acid groups (broad SMARTS) is 1. The molecular weight excluding hydrogens is 592 g/mol. The normalized spacial score (nSPS) is 17.1. The van der Waals surface area contributed by atoms with Gasteiger partial charge in [0.1, 0.15) is 16.4 Å². The molecule has 5 rings (SSSR count). The molecule has 2 saturated heterocycles. The third kappa shape index (κ3) is 7.05. The van der Waals surface area contributed by atoms with E-state index >= 15 is 0 Å². The largest absolute Gasteiger partial charge is 0.495 e. The molecule has 3 aromatic rings. The van der Waals surface area contributed by atoms with Crippen LogP contribution in [-0.4, -0.2) is 74.2 Å². The maximum Gasteiger partial charge on any atom is 0.339 e. The molecule has 1 N–H and O–H groups in total. The molecule has 0 amide bonds. The fraction of sp³-hybridized carbons (Fsp3) is 0.452. The van der Waals surface area contributed by atoms with Crippen LogP contribution in [0.15, 0.2) is 53.6 Å². The van der Waals surface area contributed by atoms with Crippen LogP contribution in [0.25, 0.3) is 0 Å². The average molecular weight is 629 g/mol. The van der Waals surface area contributed by atoms with Gasteiger partial charge in [-0.25, -0.2) is 23.2 Å². The van der Waals surface area contributed by atoms with Gasteiger partial charge in [-0.1, -0.05) is 41.9 Å². The minimum atomic E-state index is -3.87. The highest BCUT2D eigenvalue weighted by Gasteiger charge is 2.33. The number of halogens is 1. The third-order valence-corrected chi connectivity index (χ3v) is 10.7. The van der Waals surface area contributed by atoms with E-state index in [1.807, 2.05) is 6.07 Å². The van der Waals surface area contributed by atoms with Crippen LogP contribution in [0.3, 0.4) is 0 Å². The van der Waals surface area contributed by atoms with Gasteiger partial charge in [-0.05, 0) is 62.0 Å². The molecular formula is C31H37ClN4O6S. The van der Waals surface area contributed by atoms with E-state index in [-0.39, 0.29) is 40.2 Å². The van der Waals surface area contributed by atoms with Crippen LogP contribution in [-0.2, 0) is 22.9 Å². The highest BCUT2D eigenvalue weighted by Crippen LogP contribution is 2.37. The number of nitrogens with zero attached hydrogens (tertiary/aromatic N) is 4. The Bertz CT molecular complexity index is 1540. The quantitative estimate of drug-likeness (QED) is 0.332. The second-order valence-corrected chi connectivity index (χ2v) is 13.5. The fourth-order valence-electron chi connectivity index (χ4n) is 5.98. The summed E-state index contributed by atoms with van der Waals surface area (Å²) in [5.74, 6) is 0.642. The number of ether oxygens (including phenoxy) is 2. The van der Waals surface area contributed by atoms with E-state index in [1.54, 1.807) is 0 Å². The number of hydrogen-bond acceptors (Lipinski definition) is 8. The first-order valence-electron chi connectivity index (χ1n) is 14.5. The summed E-state index contributed by atoms with van der Waals surface area (Å²) in [6.45, 7) is 2.21. The first-order chi connectivity index (χ1) is 20.7. The van der Waals surface area contributed by atoms with Crippen LogP contribution < -0.4 is 14.4 Å². The van der Waals surface area contributed by atoms with Gasteiger partial charge in [0.05, 0.1) is 30.5 Å². The molecule has 230 valence electrons. The fourth-order valence-corrected chi connectivity index (χ4v) is 7.92. The Balaban J connectivity index is 1.24. The van der Waals surface area contributed by atoms with Gasteiger partial charge in [0.15, 0.2) is 0 Å². The SMILES string of the molecule is COc1cc(OC)c(S(=O)(=O)N2CCC(Cc3nc(N4CCC(Cc5ccccc5)CC4)ncc3C(=O)O)CC2)cc1Cl. The van der Waals surface area contributed by atoms with Gasteiger partial charge in [0.2, 0.25) is 16.0 Å². The Morgan fingerprint density at radius 3 is 2.21 bits per heavy atom. The number of aromatic nitrogens is 2. The monoisotopic (exact) mass is 628 g/mol. The third-order valence-electron chi connectivity index (χ3n) is 8.46. The van der Waals surface area contributed by atoms with Crippen molar-refractivity contribution in [2.75, 3.05) is 45.3 Å². The average Bonchev–Trinajstić information content (AvgIpc) is 3.02. The van der Waals surface area contributed by atoms with Crippen molar-refractivity contribution in [2.45, 2.75) is 43.4 Å². The number of rotatable bonds is 10. The van der Waals surface area contributed by atoms with Gasteiger partial charge in [0.25, 0.3) is 0 Å². The number of hydrogen-bond donors (Lipinski definition) is 1. The van der Waals surface area contributed by atoms with E-state index in [0.717, 1.165) is 32.4 Å². The molecule has 2 fully saturated rings. The van der Waals surface area contributed by atoms with E-state index < -0.39 is 16.0 Å². The molecule has 2 aromatic carbocycles. The lowest BCUT2D eigenvalue weighted by Gasteiger charge is -2.33. The molecule has 1 aromatic heterocycles. The Labute approximate surface area is 257 Å². The Hall–Kier alpha value is -3.41. The van der Waals surface area contributed by atoms with E-state index in [0.29, 0.717) is 42.6 Å². The first kappa shape index (κ1) is 31.0. The van der Waals surface area contributed by atoms with E-state index in [1.165, 1.54) is 42.4 Å². The Morgan fingerprint density at radius 2 is 1.58 bits per heavy atom. The zero-order valence-corrected chi connectivity index (χ0v) is 26.0. The molecule has 12 heteroatoms. The van der Waals surface area contributed by atoms with Gasteiger partial charge in [-0.3, -0.25) is 0 Å². The zero-order chi connectivity index (χ0) is 30.6. The zero-order valence-electron chi connectivity index (χ0n) is 24.4. The number of methoxy groups -OCH3 is 2. The summed E-state index contributed by atoms with van der Waals surface area (Å²) in [6.07, 6.45) is 6.06. The van der Waals surface area contributed by atoms with Crippen LogP contribution in [0.1, 0.15) is 47.3 Å². The molecule has 0 radical (unpaired) electrons. The second kappa shape index (κ2) is 13.5. The minimum absolute atomic E-state index is 0.0135. The topological polar surface area (TPSA) is 122 Å². The molecule has 2 aliphatic rings. The standard InChI is InChI=1S/C31H37ClN4O6S/c1-41-27-19-28(42-2)29(18-25(27)32)43(39,40)36-14-10-23(11-15-36)17-26-24(30(37)38)20-33-31(34-26)35-12-8-22(9-13-35)16-21-6-4-3-5-7-21/h3-7,18-20,22-23H,8-17H2,1-2H3,(H,37,38). The Morgan fingerprint density at radius 1 is 0.953 bits per heavy atom. The summed E-state index contributed by atoms with van der Waals surface area (Å²) in [5, 5.41) is 10.0.